The molecule has 1 N–H and O–H groups in total. The van der Waals surface area contributed by atoms with Gasteiger partial charge in [0, 0.05) is 31.1 Å². The quantitative estimate of drug-likeness (QED) is 0.834. The van der Waals surface area contributed by atoms with Crippen molar-refractivity contribution in [2.75, 3.05) is 23.9 Å². The first kappa shape index (κ1) is 18.5. The molecule has 1 atom stereocenters. The first-order chi connectivity index (χ1) is 12.5. The lowest BCUT2D eigenvalue weighted by Gasteiger charge is -2.31. The van der Waals surface area contributed by atoms with Crippen molar-refractivity contribution >= 4 is 11.6 Å². The summed E-state index contributed by atoms with van der Waals surface area (Å²) < 4.78 is 5.35. The van der Waals surface area contributed by atoms with Crippen LogP contribution in [0.5, 0.6) is 5.75 Å². The normalized spacial score (nSPS) is 14.9. The lowest BCUT2D eigenvalue weighted by atomic mass is 9.99. The third kappa shape index (κ3) is 4.09. The van der Waals surface area contributed by atoms with Crippen molar-refractivity contribution in [3.05, 3.63) is 41.2 Å². The topological polar surface area (TPSA) is 50.3 Å². The number of ether oxygens (including phenoxy) is 1. The molecule has 2 aromatic rings. The fourth-order valence-corrected chi connectivity index (χ4v) is 3.15. The molecule has 5 heteroatoms. The minimum absolute atomic E-state index is 0.300. The monoisotopic (exact) mass is 354 g/mol. The highest BCUT2D eigenvalue weighted by Gasteiger charge is 2.20. The zero-order valence-electron chi connectivity index (χ0n) is 16.5. The minimum atomic E-state index is 0.300. The maximum atomic E-state index is 5.35. The van der Waals surface area contributed by atoms with Crippen LogP contribution >= 0.6 is 0 Å². The van der Waals surface area contributed by atoms with Gasteiger partial charge in [-0.2, -0.15) is 0 Å². The molecule has 0 saturated heterocycles. The van der Waals surface area contributed by atoms with E-state index in [9.17, 15) is 0 Å². The molecule has 2 heterocycles. The molecule has 3 rings (SSSR count). The van der Waals surface area contributed by atoms with Gasteiger partial charge in [-0.25, -0.2) is 9.97 Å². The number of hydrogen-bond acceptors (Lipinski definition) is 5. The molecular formula is C21H30N4O. The lowest BCUT2D eigenvalue weighted by Crippen LogP contribution is -2.31. The van der Waals surface area contributed by atoms with Crippen LogP contribution < -0.4 is 15.0 Å². The van der Waals surface area contributed by atoms with E-state index in [1.54, 1.807) is 7.11 Å². The molecule has 0 radical (unpaired) electrons. The Labute approximate surface area is 156 Å². The van der Waals surface area contributed by atoms with Crippen LogP contribution in [-0.2, 0) is 13.0 Å². The van der Waals surface area contributed by atoms with E-state index in [0.717, 1.165) is 49.1 Å². The number of fused-ring (bicyclic) bond motifs is 1. The van der Waals surface area contributed by atoms with Gasteiger partial charge >= 0.3 is 0 Å². The van der Waals surface area contributed by atoms with E-state index >= 15 is 0 Å². The molecule has 1 aliphatic heterocycles. The van der Waals surface area contributed by atoms with Crippen molar-refractivity contribution < 1.29 is 4.74 Å². The number of methoxy groups -OCH3 is 1. The third-order valence-corrected chi connectivity index (χ3v) is 5.00. The van der Waals surface area contributed by atoms with Crippen LogP contribution in [0.15, 0.2) is 24.3 Å². The second kappa shape index (κ2) is 7.94. The van der Waals surface area contributed by atoms with Gasteiger partial charge in [0.05, 0.1) is 7.11 Å². The van der Waals surface area contributed by atoms with Crippen LogP contribution in [0, 0.1) is 0 Å². The Morgan fingerprint density at radius 3 is 2.65 bits per heavy atom. The van der Waals surface area contributed by atoms with Crippen molar-refractivity contribution in [3.8, 4) is 5.75 Å². The molecule has 0 saturated carbocycles. The van der Waals surface area contributed by atoms with Gasteiger partial charge in [-0.15, -0.1) is 0 Å². The van der Waals surface area contributed by atoms with Crippen molar-refractivity contribution in [2.24, 2.45) is 0 Å². The third-order valence-electron chi connectivity index (χ3n) is 5.00. The Morgan fingerprint density at radius 2 is 1.96 bits per heavy atom. The Balaban J connectivity index is 1.88. The number of benzene rings is 1. The number of hydrogen-bond donors (Lipinski definition) is 1. The van der Waals surface area contributed by atoms with E-state index in [0.29, 0.717) is 12.0 Å². The zero-order chi connectivity index (χ0) is 18.7. The molecule has 0 fully saturated rings. The van der Waals surface area contributed by atoms with Crippen molar-refractivity contribution in [1.82, 2.24) is 9.97 Å². The summed E-state index contributed by atoms with van der Waals surface area (Å²) in [6.07, 6.45) is 2.07. The average Bonchev–Trinajstić information content (AvgIpc) is 2.66. The van der Waals surface area contributed by atoms with Crippen molar-refractivity contribution in [3.63, 3.8) is 0 Å². The summed E-state index contributed by atoms with van der Waals surface area (Å²) in [4.78, 5) is 11.9. The average molecular weight is 354 g/mol. The van der Waals surface area contributed by atoms with Gasteiger partial charge in [-0.05, 0) is 43.0 Å². The molecule has 0 bridgehead atoms. The highest BCUT2D eigenvalue weighted by molar-refractivity contribution is 5.52. The van der Waals surface area contributed by atoms with Crippen LogP contribution in [0.4, 0.5) is 11.6 Å². The van der Waals surface area contributed by atoms with E-state index in [-0.39, 0.29) is 0 Å². The maximum Gasteiger partial charge on any atom is 0.135 e. The van der Waals surface area contributed by atoms with Gasteiger partial charge < -0.3 is 15.0 Å². The fraction of sp³-hybridized carbons (Fsp3) is 0.524. The van der Waals surface area contributed by atoms with Gasteiger partial charge in [-0.1, -0.05) is 26.8 Å². The number of rotatable bonds is 6. The van der Waals surface area contributed by atoms with E-state index in [4.69, 9.17) is 14.7 Å². The molecule has 0 spiro atoms. The number of anilines is 2. The predicted octanol–water partition coefficient (Wildman–Crippen LogP) is 4.38. The van der Waals surface area contributed by atoms with Crippen LogP contribution in [0.2, 0.25) is 0 Å². The van der Waals surface area contributed by atoms with Crippen LogP contribution in [0.25, 0.3) is 0 Å². The molecule has 1 aliphatic rings. The smallest absolute Gasteiger partial charge is 0.135 e. The Kier molecular flexibility index (Phi) is 5.64. The molecule has 0 amide bonds. The summed E-state index contributed by atoms with van der Waals surface area (Å²) in [6.45, 7) is 10.5. The molecule has 0 unspecified atom stereocenters. The number of nitrogens with one attached hydrogen (secondary N) is 1. The molecular weight excluding hydrogens is 324 g/mol. The molecule has 1 aromatic heterocycles. The molecule has 26 heavy (non-hydrogen) atoms. The van der Waals surface area contributed by atoms with Crippen molar-refractivity contribution in [2.45, 2.75) is 59.0 Å². The minimum Gasteiger partial charge on any atom is -0.497 e. The first-order valence-electron chi connectivity index (χ1n) is 9.56. The van der Waals surface area contributed by atoms with Gasteiger partial charge in [0.1, 0.15) is 23.2 Å². The largest absolute Gasteiger partial charge is 0.497 e. The highest BCUT2D eigenvalue weighted by atomic mass is 16.5. The van der Waals surface area contributed by atoms with E-state index in [1.165, 1.54) is 11.1 Å². The van der Waals surface area contributed by atoms with Crippen LogP contribution in [-0.4, -0.2) is 29.7 Å². The van der Waals surface area contributed by atoms with E-state index < -0.39 is 0 Å². The first-order valence-corrected chi connectivity index (χ1v) is 9.56. The fourth-order valence-electron chi connectivity index (χ4n) is 3.15. The summed E-state index contributed by atoms with van der Waals surface area (Å²) in [5, 5.41) is 3.51. The van der Waals surface area contributed by atoms with Crippen molar-refractivity contribution in [1.29, 1.82) is 0 Å². The maximum absolute atomic E-state index is 5.35. The Morgan fingerprint density at radius 1 is 1.15 bits per heavy atom. The summed E-state index contributed by atoms with van der Waals surface area (Å²) in [6, 6.07) is 8.85. The summed E-state index contributed by atoms with van der Waals surface area (Å²) in [5.41, 5.74) is 2.72. The molecule has 0 aliphatic carbocycles. The zero-order valence-corrected chi connectivity index (χ0v) is 16.5. The predicted molar refractivity (Wildman–Crippen MR) is 107 cm³/mol. The van der Waals surface area contributed by atoms with Crippen LogP contribution in [0.1, 0.15) is 57.0 Å². The number of nitrogens with zero attached hydrogens (tertiary/aromatic N) is 3. The number of aromatic nitrogens is 2. The van der Waals surface area contributed by atoms with Crippen LogP contribution in [0.3, 0.4) is 0 Å². The Bertz CT molecular complexity index is 760. The van der Waals surface area contributed by atoms with Gasteiger partial charge in [0.2, 0.25) is 0 Å². The molecule has 140 valence electrons. The summed E-state index contributed by atoms with van der Waals surface area (Å²) in [7, 11) is 1.72. The lowest BCUT2D eigenvalue weighted by molar-refractivity contribution is 0.413. The Hall–Kier alpha value is -2.30. The summed E-state index contributed by atoms with van der Waals surface area (Å²) >= 11 is 0. The second-order valence-electron chi connectivity index (χ2n) is 7.38. The van der Waals surface area contributed by atoms with Gasteiger partial charge in [0.25, 0.3) is 0 Å². The standard InChI is InChI=1S/C21H30N4O/c1-6-15(4)22-19-12-20(24-21(23-19)14(2)3)25-10-9-16-11-18(26-5)8-7-17(16)13-25/h7-8,11-12,14-15H,6,9-10,13H2,1-5H3,(H,22,23,24)/t15-/m1/s1. The highest BCUT2D eigenvalue weighted by Crippen LogP contribution is 2.28. The van der Waals surface area contributed by atoms with E-state index in [2.05, 4.69) is 56.1 Å². The van der Waals surface area contributed by atoms with Gasteiger partial charge in [-0.3, -0.25) is 0 Å². The SMILES string of the molecule is CC[C@@H](C)Nc1cc(N2CCc3cc(OC)ccc3C2)nc(C(C)C)n1. The molecule has 5 nitrogen and oxygen atoms in total. The van der Waals surface area contributed by atoms with E-state index in [1.807, 2.05) is 6.07 Å². The summed E-state index contributed by atoms with van der Waals surface area (Å²) in [5.74, 6) is 4.06. The second-order valence-corrected chi connectivity index (χ2v) is 7.38. The molecule has 1 aromatic carbocycles. The van der Waals surface area contributed by atoms with Gasteiger partial charge in [0.15, 0.2) is 0 Å².